The van der Waals surface area contributed by atoms with Gasteiger partial charge in [-0.15, -0.1) is 0 Å². The number of carbonyl (C=O) groups excluding carboxylic acids is 1. The largest absolute Gasteiger partial charge is 0.384 e. The molecule has 0 aliphatic carbocycles. The van der Waals surface area contributed by atoms with E-state index in [9.17, 15) is 9.90 Å². The van der Waals surface area contributed by atoms with Crippen molar-refractivity contribution in [2.75, 3.05) is 0 Å². The minimum Gasteiger partial charge on any atom is -0.384 e. The maximum absolute atomic E-state index is 11.3. The highest BCUT2D eigenvalue weighted by atomic mass is 16.3. The van der Waals surface area contributed by atoms with Crippen LogP contribution in [0.2, 0.25) is 0 Å². The van der Waals surface area contributed by atoms with E-state index in [4.69, 9.17) is 11.0 Å². The number of H-pyrrole nitrogens is 1. The van der Waals surface area contributed by atoms with E-state index in [1.54, 1.807) is 44.6 Å². The van der Waals surface area contributed by atoms with E-state index in [2.05, 4.69) is 15.0 Å². The van der Waals surface area contributed by atoms with Crippen molar-refractivity contribution in [3.8, 4) is 17.2 Å². The van der Waals surface area contributed by atoms with Crippen molar-refractivity contribution in [2.24, 2.45) is 5.73 Å². The number of pyridine rings is 2. The second-order valence-electron chi connectivity index (χ2n) is 6.39. The van der Waals surface area contributed by atoms with Crippen molar-refractivity contribution in [3.05, 3.63) is 53.6 Å². The number of nitrogens with zero attached hydrogens (tertiary/aromatic N) is 3. The lowest BCUT2D eigenvalue weighted by atomic mass is 10.0. The molecule has 0 aliphatic heterocycles. The summed E-state index contributed by atoms with van der Waals surface area (Å²) in [7, 11) is 0. The van der Waals surface area contributed by atoms with Crippen molar-refractivity contribution in [2.45, 2.75) is 19.4 Å². The zero-order valence-corrected chi connectivity index (χ0v) is 14.3. The molecule has 3 rings (SSSR count). The summed E-state index contributed by atoms with van der Waals surface area (Å²) in [5.41, 5.74) is 7.54. The van der Waals surface area contributed by atoms with Gasteiger partial charge in [-0.2, -0.15) is 5.26 Å². The van der Waals surface area contributed by atoms with E-state index in [1.165, 1.54) is 6.08 Å². The Balaban J connectivity index is 2.06. The molecule has 4 N–H and O–H groups in total. The van der Waals surface area contributed by atoms with Gasteiger partial charge >= 0.3 is 0 Å². The molecule has 130 valence electrons. The first-order valence-electron chi connectivity index (χ1n) is 7.87. The summed E-state index contributed by atoms with van der Waals surface area (Å²) >= 11 is 0. The summed E-state index contributed by atoms with van der Waals surface area (Å²) in [4.78, 5) is 22.9. The lowest BCUT2D eigenvalue weighted by Crippen LogP contribution is -2.17. The van der Waals surface area contributed by atoms with Crippen molar-refractivity contribution >= 4 is 23.0 Å². The number of amides is 1. The molecular formula is C19H17N5O2. The molecule has 0 unspecified atom stereocenters. The van der Waals surface area contributed by atoms with Crippen molar-refractivity contribution in [1.29, 1.82) is 5.26 Å². The first-order valence-corrected chi connectivity index (χ1v) is 7.87. The van der Waals surface area contributed by atoms with Crippen LogP contribution >= 0.6 is 0 Å². The standard InChI is InChI=1S/C19H17N5O2/c1-19(2,26)16-4-3-11(8-22-16)13-6-15-14(5-12(7-20)17(21)25)10-24-18(15)23-9-13/h3-6,8-10,26H,1-2H3,(H2,21,25)(H,23,24)/b12-5+. The fourth-order valence-electron chi connectivity index (χ4n) is 2.54. The second-order valence-corrected chi connectivity index (χ2v) is 6.39. The number of aromatic amines is 1. The van der Waals surface area contributed by atoms with Gasteiger partial charge in [0.25, 0.3) is 5.91 Å². The van der Waals surface area contributed by atoms with Gasteiger partial charge in [0.1, 0.15) is 22.9 Å². The molecule has 1 amide bonds. The topological polar surface area (TPSA) is 129 Å². The van der Waals surface area contributed by atoms with Crippen LogP contribution in [0.3, 0.4) is 0 Å². The number of rotatable bonds is 4. The maximum atomic E-state index is 11.3. The van der Waals surface area contributed by atoms with E-state index in [0.29, 0.717) is 16.9 Å². The zero-order chi connectivity index (χ0) is 18.9. The summed E-state index contributed by atoms with van der Waals surface area (Å²) in [6.45, 7) is 3.35. The van der Waals surface area contributed by atoms with E-state index in [-0.39, 0.29) is 5.57 Å². The number of nitrogens with two attached hydrogens (primary N) is 1. The Morgan fingerprint density at radius 3 is 2.62 bits per heavy atom. The number of fused-ring (bicyclic) bond motifs is 1. The number of aliphatic hydroxyl groups is 1. The van der Waals surface area contributed by atoms with Crippen molar-refractivity contribution in [3.63, 3.8) is 0 Å². The fourth-order valence-corrected chi connectivity index (χ4v) is 2.54. The van der Waals surface area contributed by atoms with Crippen LogP contribution in [0.5, 0.6) is 0 Å². The summed E-state index contributed by atoms with van der Waals surface area (Å²) in [6.07, 6.45) is 6.47. The van der Waals surface area contributed by atoms with Gasteiger partial charge < -0.3 is 15.8 Å². The molecular weight excluding hydrogens is 330 g/mol. The highest BCUT2D eigenvalue weighted by molar-refractivity contribution is 6.03. The first kappa shape index (κ1) is 17.3. The number of carbonyl (C=O) groups is 1. The molecule has 0 spiro atoms. The fraction of sp³-hybridized carbons (Fsp3) is 0.158. The number of primary amides is 1. The molecule has 0 aromatic carbocycles. The minimum absolute atomic E-state index is 0.132. The highest BCUT2D eigenvalue weighted by Gasteiger charge is 2.17. The normalized spacial score (nSPS) is 12.2. The Labute approximate surface area is 149 Å². The molecule has 0 radical (unpaired) electrons. The summed E-state index contributed by atoms with van der Waals surface area (Å²) in [5, 5.41) is 19.8. The third kappa shape index (κ3) is 3.31. The third-order valence-corrected chi connectivity index (χ3v) is 3.97. The summed E-state index contributed by atoms with van der Waals surface area (Å²) < 4.78 is 0. The second kappa shape index (κ2) is 6.43. The predicted octanol–water partition coefficient (Wildman–Crippen LogP) is 2.24. The van der Waals surface area contributed by atoms with Crippen LogP contribution in [0, 0.1) is 11.3 Å². The van der Waals surface area contributed by atoms with E-state index >= 15 is 0 Å². The van der Waals surface area contributed by atoms with E-state index < -0.39 is 11.5 Å². The Bertz CT molecular complexity index is 1050. The summed E-state index contributed by atoms with van der Waals surface area (Å²) in [6, 6.07) is 7.30. The number of hydrogen-bond donors (Lipinski definition) is 3. The van der Waals surface area contributed by atoms with Crippen LogP contribution < -0.4 is 5.73 Å². The van der Waals surface area contributed by atoms with Crippen LogP contribution in [0.25, 0.3) is 28.2 Å². The first-order chi connectivity index (χ1) is 12.3. The Morgan fingerprint density at radius 1 is 1.31 bits per heavy atom. The van der Waals surface area contributed by atoms with Gasteiger partial charge in [-0.1, -0.05) is 6.07 Å². The van der Waals surface area contributed by atoms with Crippen LogP contribution in [0.15, 0.2) is 42.4 Å². The number of aromatic nitrogens is 3. The minimum atomic E-state index is -1.01. The molecule has 0 atom stereocenters. The monoisotopic (exact) mass is 347 g/mol. The number of nitriles is 1. The van der Waals surface area contributed by atoms with Crippen LogP contribution in [-0.2, 0) is 10.4 Å². The van der Waals surface area contributed by atoms with Gasteiger partial charge in [-0.25, -0.2) is 4.98 Å². The highest BCUT2D eigenvalue weighted by Crippen LogP contribution is 2.27. The maximum Gasteiger partial charge on any atom is 0.259 e. The Morgan fingerprint density at radius 2 is 2.04 bits per heavy atom. The van der Waals surface area contributed by atoms with Gasteiger partial charge in [-0.3, -0.25) is 9.78 Å². The molecule has 3 aromatic rings. The van der Waals surface area contributed by atoms with E-state index in [0.717, 1.165) is 16.5 Å². The molecule has 0 saturated heterocycles. The van der Waals surface area contributed by atoms with E-state index in [1.807, 2.05) is 12.1 Å². The van der Waals surface area contributed by atoms with Gasteiger partial charge in [0.2, 0.25) is 0 Å². The molecule has 7 heteroatoms. The molecule has 26 heavy (non-hydrogen) atoms. The Kier molecular flexibility index (Phi) is 4.28. The lowest BCUT2D eigenvalue weighted by molar-refractivity contribution is -0.114. The lowest BCUT2D eigenvalue weighted by Gasteiger charge is -2.16. The average Bonchev–Trinajstić information content (AvgIpc) is 3.00. The molecule has 0 bridgehead atoms. The smallest absolute Gasteiger partial charge is 0.259 e. The molecule has 0 fully saturated rings. The molecule has 0 aliphatic rings. The van der Waals surface area contributed by atoms with Gasteiger partial charge in [-0.05, 0) is 32.1 Å². The summed E-state index contributed by atoms with van der Waals surface area (Å²) in [5.74, 6) is -0.780. The van der Waals surface area contributed by atoms with Crippen molar-refractivity contribution in [1.82, 2.24) is 15.0 Å². The van der Waals surface area contributed by atoms with Gasteiger partial charge in [0.05, 0.1) is 5.69 Å². The average molecular weight is 347 g/mol. The van der Waals surface area contributed by atoms with Gasteiger partial charge in [0.15, 0.2) is 0 Å². The third-order valence-electron chi connectivity index (χ3n) is 3.97. The van der Waals surface area contributed by atoms with Gasteiger partial charge in [0, 0.05) is 40.7 Å². The van der Waals surface area contributed by atoms with Crippen molar-refractivity contribution < 1.29 is 9.90 Å². The zero-order valence-electron chi connectivity index (χ0n) is 14.3. The quantitative estimate of drug-likeness (QED) is 0.492. The molecule has 0 saturated carbocycles. The predicted molar refractivity (Wildman–Crippen MR) is 97.4 cm³/mol. The van der Waals surface area contributed by atoms with Crippen LogP contribution in [0.4, 0.5) is 0 Å². The SMILES string of the molecule is CC(C)(O)c1ccc(-c2cnc3[nH]cc(/C=C(\C#N)C(N)=O)c3c2)cn1. The molecule has 3 aromatic heterocycles. The number of nitrogens with one attached hydrogen (secondary N) is 1. The molecule has 3 heterocycles. The molecule has 7 nitrogen and oxygen atoms in total. The Hall–Kier alpha value is -3.50. The van der Waals surface area contributed by atoms with Crippen LogP contribution in [-0.4, -0.2) is 26.0 Å². The van der Waals surface area contributed by atoms with Crippen LogP contribution in [0.1, 0.15) is 25.1 Å². The number of hydrogen-bond acceptors (Lipinski definition) is 5.